The van der Waals surface area contributed by atoms with E-state index in [1.54, 1.807) is 0 Å². The highest BCUT2D eigenvalue weighted by Gasteiger charge is 2.31. The minimum Gasteiger partial charge on any atom is -0.493 e. The van der Waals surface area contributed by atoms with Crippen LogP contribution in [0.3, 0.4) is 0 Å². The monoisotopic (exact) mass is 279 g/mol. The fourth-order valence-electron chi connectivity index (χ4n) is 3.72. The van der Waals surface area contributed by atoms with Crippen molar-refractivity contribution in [2.24, 2.45) is 11.7 Å². The number of hydrogen-bond donors (Lipinski definition) is 1. The SMILES string of the molecule is NC(CC1Cc2ccccc21)C1COc2ccccc2C1. The van der Waals surface area contributed by atoms with Crippen LogP contribution in [-0.2, 0) is 12.8 Å². The molecule has 0 amide bonds. The Labute approximate surface area is 125 Å². The maximum atomic E-state index is 6.49. The molecule has 1 heterocycles. The molecule has 2 aromatic rings. The van der Waals surface area contributed by atoms with Gasteiger partial charge in [0.15, 0.2) is 0 Å². The zero-order valence-corrected chi connectivity index (χ0v) is 12.2. The third-order valence-electron chi connectivity index (χ3n) is 5.03. The molecule has 0 spiro atoms. The van der Waals surface area contributed by atoms with Crippen molar-refractivity contribution in [1.29, 1.82) is 0 Å². The minimum atomic E-state index is 0.219. The summed E-state index contributed by atoms with van der Waals surface area (Å²) in [6.45, 7) is 0.756. The van der Waals surface area contributed by atoms with E-state index in [0.717, 1.165) is 25.2 Å². The second-order valence-corrected chi connectivity index (χ2v) is 6.38. The quantitative estimate of drug-likeness (QED) is 0.935. The van der Waals surface area contributed by atoms with E-state index in [1.165, 1.54) is 23.1 Å². The summed E-state index contributed by atoms with van der Waals surface area (Å²) >= 11 is 0. The van der Waals surface area contributed by atoms with E-state index in [9.17, 15) is 0 Å². The van der Waals surface area contributed by atoms with Crippen LogP contribution in [0, 0.1) is 5.92 Å². The van der Waals surface area contributed by atoms with Crippen LogP contribution in [0.15, 0.2) is 48.5 Å². The number of nitrogens with two attached hydrogens (primary N) is 1. The first-order valence-electron chi connectivity index (χ1n) is 7.85. The molecule has 0 saturated heterocycles. The van der Waals surface area contributed by atoms with Crippen molar-refractivity contribution in [1.82, 2.24) is 0 Å². The molecule has 2 aliphatic rings. The van der Waals surface area contributed by atoms with Gasteiger partial charge in [0.25, 0.3) is 0 Å². The first-order valence-corrected chi connectivity index (χ1v) is 7.85. The highest BCUT2D eigenvalue weighted by molar-refractivity contribution is 5.40. The summed E-state index contributed by atoms with van der Waals surface area (Å²) in [4.78, 5) is 0. The first kappa shape index (κ1) is 12.9. The highest BCUT2D eigenvalue weighted by atomic mass is 16.5. The summed E-state index contributed by atoms with van der Waals surface area (Å²) < 4.78 is 5.88. The van der Waals surface area contributed by atoms with Gasteiger partial charge in [-0.25, -0.2) is 0 Å². The van der Waals surface area contributed by atoms with Crippen molar-refractivity contribution in [2.75, 3.05) is 6.61 Å². The van der Waals surface area contributed by atoms with Gasteiger partial charge in [0.2, 0.25) is 0 Å². The van der Waals surface area contributed by atoms with Crippen molar-refractivity contribution in [3.8, 4) is 5.75 Å². The van der Waals surface area contributed by atoms with Gasteiger partial charge in [-0.05, 0) is 47.9 Å². The molecule has 2 heteroatoms. The summed E-state index contributed by atoms with van der Waals surface area (Å²) in [7, 11) is 0. The maximum Gasteiger partial charge on any atom is 0.122 e. The summed E-state index contributed by atoms with van der Waals surface area (Å²) in [6.07, 6.45) is 3.31. The van der Waals surface area contributed by atoms with Crippen molar-refractivity contribution in [3.05, 3.63) is 65.2 Å². The zero-order valence-electron chi connectivity index (χ0n) is 12.2. The van der Waals surface area contributed by atoms with Gasteiger partial charge in [0, 0.05) is 12.0 Å². The summed E-state index contributed by atoms with van der Waals surface area (Å²) in [5.74, 6) is 2.12. The normalized spacial score (nSPS) is 24.2. The smallest absolute Gasteiger partial charge is 0.122 e. The minimum absolute atomic E-state index is 0.219. The molecule has 0 aromatic heterocycles. The van der Waals surface area contributed by atoms with Crippen molar-refractivity contribution in [3.63, 3.8) is 0 Å². The molecule has 1 aliphatic heterocycles. The van der Waals surface area contributed by atoms with Crippen LogP contribution in [0.25, 0.3) is 0 Å². The molecule has 0 bridgehead atoms. The van der Waals surface area contributed by atoms with Crippen LogP contribution in [-0.4, -0.2) is 12.6 Å². The molecule has 2 nitrogen and oxygen atoms in total. The van der Waals surface area contributed by atoms with Gasteiger partial charge < -0.3 is 10.5 Å². The fourth-order valence-corrected chi connectivity index (χ4v) is 3.72. The van der Waals surface area contributed by atoms with Crippen molar-refractivity contribution >= 4 is 0 Å². The number of benzene rings is 2. The Morgan fingerprint density at radius 3 is 2.62 bits per heavy atom. The highest BCUT2D eigenvalue weighted by Crippen LogP contribution is 2.39. The molecule has 3 atom stereocenters. The lowest BCUT2D eigenvalue weighted by atomic mass is 9.72. The van der Waals surface area contributed by atoms with Crippen molar-refractivity contribution < 1.29 is 4.74 Å². The van der Waals surface area contributed by atoms with Gasteiger partial charge in [-0.15, -0.1) is 0 Å². The molecule has 2 aromatic carbocycles. The van der Waals surface area contributed by atoms with E-state index in [0.29, 0.717) is 11.8 Å². The molecule has 1 aliphatic carbocycles. The molecule has 2 N–H and O–H groups in total. The molecule has 108 valence electrons. The molecule has 3 unspecified atom stereocenters. The van der Waals surface area contributed by atoms with E-state index in [2.05, 4.69) is 42.5 Å². The second kappa shape index (κ2) is 5.19. The predicted molar refractivity (Wildman–Crippen MR) is 84.6 cm³/mol. The molecule has 0 radical (unpaired) electrons. The number of para-hydroxylation sites is 1. The Morgan fingerprint density at radius 2 is 1.76 bits per heavy atom. The van der Waals surface area contributed by atoms with Crippen molar-refractivity contribution in [2.45, 2.75) is 31.2 Å². The zero-order chi connectivity index (χ0) is 14.2. The molecule has 4 rings (SSSR count). The summed E-state index contributed by atoms with van der Waals surface area (Å²) in [5, 5.41) is 0. The second-order valence-electron chi connectivity index (χ2n) is 6.38. The lowest BCUT2D eigenvalue weighted by Crippen LogP contribution is -2.40. The van der Waals surface area contributed by atoms with E-state index in [1.807, 2.05) is 6.07 Å². The Bertz CT molecular complexity index is 652. The third-order valence-corrected chi connectivity index (χ3v) is 5.03. The third kappa shape index (κ3) is 2.34. The average molecular weight is 279 g/mol. The van der Waals surface area contributed by atoms with E-state index in [-0.39, 0.29) is 6.04 Å². The summed E-state index contributed by atoms with van der Waals surface area (Å²) in [5.41, 5.74) is 10.8. The van der Waals surface area contributed by atoms with Gasteiger partial charge in [-0.1, -0.05) is 42.5 Å². The van der Waals surface area contributed by atoms with Crippen LogP contribution >= 0.6 is 0 Å². The van der Waals surface area contributed by atoms with Crippen LogP contribution < -0.4 is 10.5 Å². The van der Waals surface area contributed by atoms with E-state index in [4.69, 9.17) is 10.5 Å². The lowest BCUT2D eigenvalue weighted by Gasteiger charge is -2.36. The number of ether oxygens (including phenoxy) is 1. The van der Waals surface area contributed by atoms with Crippen LogP contribution in [0.4, 0.5) is 0 Å². The Kier molecular flexibility index (Phi) is 3.19. The summed E-state index contributed by atoms with van der Waals surface area (Å²) in [6, 6.07) is 17.3. The number of rotatable bonds is 3. The topological polar surface area (TPSA) is 35.2 Å². The van der Waals surface area contributed by atoms with Crippen LogP contribution in [0.5, 0.6) is 5.75 Å². The number of fused-ring (bicyclic) bond motifs is 2. The van der Waals surface area contributed by atoms with Gasteiger partial charge in [-0.2, -0.15) is 0 Å². The average Bonchev–Trinajstić information content (AvgIpc) is 2.52. The Morgan fingerprint density at radius 1 is 1.00 bits per heavy atom. The predicted octanol–water partition coefficient (Wildman–Crippen LogP) is 3.30. The first-order chi connectivity index (χ1) is 10.3. The van der Waals surface area contributed by atoms with Gasteiger partial charge in [0.05, 0.1) is 6.61 Å². The van der Waals surface area contributed by atoms with Gasteiger partial charge in [0.1, 0.15) is 5.75 Å². The Hall–Kier alpha value is -1.80. The molecule has 21 heavy (non-hydrogen) atoms. The Balaban J connectivity index is 1.42. The molecule has 0 saturated carbocycles. The van der Waals surface area contributed by atoms with E-state index >= 15 is 0 Å². The van der Waals surface area contributed by atoms with E-state index < -0.39 is 0 Å². The number of hydrogen-bond acceptors (Lipinski definition) is 2. The lowest BCUT2D eigenvalue weighted by molar-refractivity contribution is 0.190. The standard InChI is InChI=1S/C19H21NO/c20-18(11-15-9-13-5-1-3-7-17(13)15)16-10-14-6-2-4-8-19(14)21-12-16/h1-8,15-16,18H,9-12,20H2. The molecular formula is C19H21NO. The van der Waals surface area contributed by atoms with Gasteiger partial charge in [-0.3, -0.25) is 0 Å². The fraction of sp³-hybridized carbons (Fsp3) is 0.368. The van der Waals surface area contributed by atoms with Crippen LogP contribution in [0.2, 0.25) is 0 Å². The largest absolute Gasteiger partial charge is 0.493 e. The van der Waals surface area contributed by atoms with Gasteiger partial charge >= 0.3 is 0 Å². The molecular weight excluding hydrogens is 258 g/mol. The van der Waals surface area contributed by atoms with Crippen LogP contribution in [0.1, 0.15) is 29.0 Å². The maximum absolute atomic E-state index is 6.49. The molecule has 0 fully saturated rings.